The van der Waals surface area contributed by atoms with Crippen LogP contribution in [0.3, 0.4) is 0 Å². The van der Waals surface area contributed by atoms with Gasteiger partial charge in [-0.25, -0.2) is 13.1 Å². The van der Waals surface area contributed by atoms with Crippen LogP contribution in [0.4, 0.5) is 5.69 Å². The van der Waals surface area contributed by atoms with Crippen molar-refractivity contribution in [2.45, 2.75) is 4.90 Å². The van der Waals surface area contributed by atoms with E-state index in [1.807, 2.05) is 0 Å². The first-order chi connectivity index (χ1) is 15.3. The molecule has 1 aliphatic heterocycles. The minimum atomic E-state index is -3.64. The fourth-order valence-corrected chi connectivity index (χ4v) is 4.76. The molecule has 0 saturated carbocycles. The minimum absolute atomic E-state index is 0.110. The molecule has 1 N–H and O–H groups in total. The first kappa shape index (κ1) is 22.2. The molecule has 0 unspecified atom stereocenters. The van der Waals surface area contributed by atoms with Crippen LogP contribution in [0.15, 0.2) is 70.5 Å². The lowest BCUT2D eigenvalue weighted by Gasteiger charge is -2.26. The first-order valence-corrected chi connectivity index (χ1v) is 11.5. The van der Waals surface area contributed by atoms with Gasteiger partial charge in [0, 0.05) is 36.1 Å². The van der Waals surface area contributed by atoms with E-state index in [4.69, 9.17) is 16.3 Å². The Morgan fingerprint density at radius 1 is 1.06 bits per heavy atom. The number of halogens is 1. The molecule has 2 aromatic carbocycles. The zero-order valence-corrected chi connectivity index (χ0v) is 18.3. The van der Waals surface area contributed by atoms with Gasteiger partial charge in [-0.3, -0.25) is 9.59 Å². The van der Waals surface area contributed by atoms with Gasteiger partial charge in [0.05, 0.1) is 23.8 Å². The van der Waals surface area contributed by atoms with E-state index < -0.39 is 21.4 Å². The number of anilines is 1. The molecule has 4 rings (SSSR count). The smallest absolute Gasteiger partial charge is 0.280 e. The molecule has 2 heterocycles. The third-order valence-corrected chi connectivity index (χ3v) is 6.96. The monoisotopic (exact) mass is 474 g/mol. The van der Waals surface area contributed by atoms with Crippen molar-refractivity contribution in [3.05, 3.63) is 81.7 Å². The second-order valence-electron chi connectivity index (χ2n) is 6.95. The highest BCUT2D eigenvalue weighted by Gasteiger charge is 2.26. The van der Waals surface area contributed by atoms with E-state index in [9.17, 15) is 18.0 Å². The fraction of sp³-hybridized carbons (Fsp3) is 0.190. The average Bonchev–Trinajstić information content (AvgIpc) is 2.80. The molecular weight excluding hydrogens is 456 g/mol. The highest BCUT2D eigenvalue weighted by molar-refractivity contribution is 7.89. The number of hydrogen-bond acceptors (Lipinski definition) is 6. The third-order valence-electron chi connectivity index (χ3n) is 4.82. The summed E-state index contributed by atoms with van der Waals surface area (Å²) >= 11 is 6.00. The van der Waals surface area contributed by atoms with Crippen LogP contribution in [0, 0.1) is 0 Å². The van der Waals surface area contributed by atoms with Crippen LogP contribution < -0.4 is 10.7 Å². The minimum Gasteiger partial charge on any atom is -0.379 e. The van der Waals surface area contributed by atoms with Gasteiger partial charge < -0.3 is 10.1 Å². The maximum Gasteiger partial charge on any atom is 0.280 e. The van der Waals surface area contributed by atoms with Gasteiger partial charge in [0.2, 0.25) is 15.5 Å². The van der Waals surface area contributed by atoms with Gasteiger partial charge in [-0.1, -0.05) is 17.7 Å². The van der Waals surface area contributed by atoms with Crippen LogP contribution in [0.25, 0.3) is 5.69 Å². The summed E-state index contributed by atoms with van der Waals surface area (Å²) in [6, 6.07) is 13.8. The second kappa shape index (κ2) is 9.21. The topological polar surface area (TPSA) is 111 Å². The first-order valence-electron chi connectivity index (χ1n) is 9.70. The van der Waals surface area contributed by atoms with E-state index in [1.165, 1.54) is 45.5 Å². The molecule has 0 spiro atoms. The van der Waals surface area contributed by atoms with Crippen LogP contribution in [-0.4, -0.2) is 54.7 Å². The van der Waals surface area contributed by atoms with Gasteiger partial charge in [-0.2, -0.15) is 9.40 Å². The number of carbonyl (C=O) groups is 1. The maximum absolute atomic E-state index is 12.7. The van der Waals surface area contributed by atoms with Crippen molar-refractivity contribution in [2.24, 2.45) is 0 Å². The highest BCUT2D eigenvalue weighted by atomic mass is 35.5. The van der Waals surface area contributed by atoms with Crippen LogP contribution in [-0.2, 0) is 14.8 Å². The zero-order chi connectivity index (χ0) is 22.7. The van der Waals surface area contributed by atoms with Crippen molar-refractivity contribution in [3.63, 3.8) is 0 Å². The highest BCUT2D eigenvalue weighted by Crippen LogP contribution is 2.20. The number of morpholine rings is 1. The number of aromatic nitrogens is 2. The standard InChI is InChI=1S/C21H19ClN4O5S/c22-15-2-1-3-17(14-15)26-9-8-19(27)20(24-26)21(28)23-16-4-6-18(7-5-16)32(29,30)25-10-12-31-13-11-25/h1-9,14H,10-13H2,(H,23,28). The van der Waals surface area contributed by atoms with Gasteiger partial charge >= 0.3 is 0 Å². The van der Waals surface area contributed by atoms with Crippen molar-refractivity contribution >= 4 is 33.2 Å². The lowest BCUT2D eigenvalue weighted by atomic mass is 10.3. The van der Waals surface area contributed by atoms with E-state index in [2.05, 4.69) is 10.4 Å². The summed E-state index contributed by atoms with van der Waals surface area (Å²) in [5.74, 6) is -0.713. The molecule has 166 valence electrons. The molecule has 1 aromatic heterocycles. The predicted molar refractivity (Wildman–Crippen MR) is 119 cm³/mol. The van der Waals surface area contributed by atoms with Crippen molar-refractivity contribution in [1.29, 1.82) is 0 Å². The molecule has 11 heteroatoms. The van der Waals surface area contributed by atoms with Gasteiger partial charge in [0.15, 0.2) is 5.69 Å². The number of hydrogen-bond donors (Lipinski definition) is 1. The van der Waals surface area contributed by atoms with Crippen molar-refractivity contribution in [2.75, 3.05) is 31.6 Å². The Hall–Kier alpha value is -3.05. The number of rotatable bonds is 5. The van der Waals surface area contributed by atoms with E-state index in [-0.39, 0.29) is 10.6 Å². The molecule has 0 bridgehead atoms. The Labute approximate surface area is 189 Å². The Bertz CT molecular complexity index is 1300. The number of nitrogens with zero attached hydrogens (tertiary/aromatic N) is 3. The zero-order valence-electron chi connectivity index (χ0n) is 16.8. The number of sulfonamides is 1. The molecule has 9 nitrogen and oxygen atoms in total. The van der Waals surface area contributed by atoms with Crippen molar-refractivity contribution in [3.8, 4) is 5.69 Å². The Balaban J connectivity index is 1.53. The largest absolute Gasteiger partial charge is 0.379 e. The predicted octanol–water partition coefficient (Wildman–Crippen LogP) is 2.16. The molecule has 1 aliphatic rings. The van der Waals surface area contributed by atoms with E-state index in [0.717, 1.165) is 0 Å². The molecule has 1 amide bonds. The molecule has 0 atom stereocenters. The van der Waals surface area contributed by atoms with Gasteiger partial charge in [-0.15, -0.1) is 0 Å². The Morgan fingerprint density at radius 3 is 2.47 bits per heavy atom. The average molecular weight is 475 g/mol. The van der Waals surface area contributed by atoms with Crippen molar-refractivity contribution in [1.82, 2.24) is 14.1 Å². The van der Waals surface area contributed by atoms with Gasteiger partial charge in [0.25, 0.3) is 5.91 Å². The summed E-state index contributed by atoms with van der Waals surface area (Å²) in [5.41, 5.74) is 0.0595. The summed E-state index contributed by atoms with van der Waals surface area (Å²) in [7, 11) is -3.64. The third kappa shape index (κ3) is 4.73. The van der Waals surface area contributed by atoms with Crippen LogP contribution >= 0.6 is 11.6 Å². The summed E-state index contributed by atoms with van der Waals surface area (Å²) < 4.78 is 33.3. The summed E-state index contributed by atoms with van der Waals surface area (Å²) in [5, 5.41) is 7.18. The molecule has 0 aliphatic carbocycles. The summed E-state index contributed by atoms with van der Waals surface area (Å²) in [6.45, 7) is 1.28. The van der Waals surface area contributed by atoms with Gasteiger partial charge in [-0.05, 0) is 42.5 Å². The van der Waals surface area contributed by atoms with Gasteiger partial charge in [0.1, 0.15) is 0 Å². The number of nitrogens with one attached hydrogen (secondary N) is 1. The summed E-state index contributed by atoms with van der Waals surface area (Å²) in [6.07, 6.45) is 1.44. The Morgan fingerprint density at radius 2 is 1.78 bits per heavy atom. The van der Waals surface area contributed by atoms with E-state index >= 15 is 0 Å². The number of ether oxygens (including phenoxy) is 1. The maximum atomic E-state index is 12.7. The lowest BCUT2D eigenvalue weighted by molar-refractivity contribution is 0.0730. The lowest BCUT2D eigenvalue weighted by Crippen LogP contribution is -2.40. The van der Waals surface area contributed by atoms with Crippen LogP contribution in [0.2, 0.25) is 5.02 Å². The summed E-state index contributed by atoms with van der Waals surface area (Å²) in [4.78, 5) is 25.0. The second-order valence-corrected chi connectivity index (χ2v) is 9.32. The molecule has 1 saturated heterocycles. The van der Waals surface area contributed by atoms with Crippen LogP contribution in [0.5, 0.6) is 0 Å². The fourth-order valence-electron chi connectivity index (χ4n) is 3.16. The molecule has 1 fully saturated rings. The van der Waals surface area contributed by atoms with Crippen LogP contribution in [0.1, 0.15) is 10.5 Å². The SMILES string of the molecule is O=C(Nc1ccc(S(=O)(=O)N2CCOCC2)cc1)c1nn(-c2cccc(Cl)c2)ccc1=O. The van der Waals surface area contributed by atoms with Crippen molar-refractivity contribution < 1.29 is 17.9 Å². The molecule has 3 aromatic rings. The number of amides is 1. The molecular formula is C21H19ClN4O5S. The van der Waals surface area contributed by atoms with E-state index in [0.29, 0.717) is 42.7 Å². The molecule has 32 heavy (non-hydrogen) atoms. The number of benzene rings is 2. The number of carbonyl (C=O) groups excluding carboxylic acids is 1. The normalized spacial score (nSPS) is 14.8. The molecule has 0 radical (unpaired) electrons. The van der Waals surface area contributed by atoms with E-state index in [1.54, 1.807) is 24.3 Å². The Kier molecular flexibility index (Phi) is 6.38. The quantitative estimate of drug-likeness (QED) is 0.606.